The summed E-state index contributed by atoms with van der Waals surface area (Å²) in [5.74, 6) is 1.56. The summed E-state index contributed by atoms with van der Waals surface area (Å²) in [6.45, 7) is 6.35. The number of rotatable bonds is 5. The monoisotopic (exact) mass is 358 g/mol. The summed E-state index contributed by atoms with van der Waals surface area (Å²) in [5, 5.41) is 10.2. The summed E-state index contributed by atoms with van der Waals surface area (Å²) in [6, 6.07) is 1.43. The van der Waals surface area contributed by atoms with Gasteiger partial charge in [0.15, 0.2) is 5.69 Å². The number of likely N-dealkylation sites (N-methyl/N-ethyl adjacent to an activating group) is 1. The van der Waals surface area contributed by atoms with Gasteiger partial charge in [0.05, 0.1) is 0 Å². The van der Waals surface area contributed by atoms with Crippen LogP contribution in [-0.2, 0) is 12.8 Å². The van der Waals surface area contributed by atoms with E-state index in [1.54, 1.807) is 6.92 Å². The molecule has 1 aliphatic carbocycles. The molecule has 0 saturated heterocycles. The minimum atomic E-state index is -0.187. The molecular weight excluding hydrogens is 332 g/mol. The highest BCUT2D eigenvalue weighted by molar-refractivity contribution is 5.94. The van der Waals surface area contributed by atoms with Gasteiger partial charge >= 0.3 is 0 Å². The highest BCUT2D eigenvalue weighted by Gasteiger charge is 2.25. The lowest BCUT2D eigenvalue weighted by atomic mass is 9.87. The fraction of sp³-hybridized carbons (Fsp3) is 0.556. The lowest BCUT2D eigenvalue weighted by Gasteiger charge is -2.26. The number of carbonyl (C=O) groups excluding carboxylic acids is 1. The third kappa shape index (κ3) is 3.79. The summed E-state index contributed by atoms with van der Waals surface area (Å²) in [5.41, 5.74) is 2.45. The quantitative estimate of drug-likeness (QED) is 0.744. The molecule has 3 rings (SSSR count). The minimum absolute atomic E-state index is 0.0265. The molecule has 2 heterocycles. The topological polar surface area (TPSA) is 107 Å². The summed E-state index contributed by atoms with van der Waals surface area (Å²) >= 11 is 0. The van der Waals surface area contributed by atoms with Crippen LogP contribution in [-0.4, -0.2) is 45.7 Å². The summed E-state index contributed by atoms with van der Waals surface area (Å²) in [7, 11) is 1.86. The molecule has 0 aliphatic heterocycles. The number of nitrogens with one attached hydrogen (secondary N) is 3. The van der Waals surface area contributed by atoms with Crippen LogP contribution in [0.3, 0.4) is 0 Å². The molecule has 2 aromatic heterocycles. The van der Waals surface area contributed by atoms with Crippen molar-refractivity contribution in [2.75, 3.05) is 18.5 Å². The van der Waals surface area contributed by atoms with Gasteiger partial charge in [0.2, 0.25) is 0 Å². The molecule has 0 fully saturated rings. The largest absolute Gasteiger partial charge is 0.355 e. The highest BCUT2D eigenvalue weighted by Crippen LogP contribution is 2.26. The Bertz CT molecular complexity index is 856. The molecule has 2 aromatic rings. The van der Waals surface area contributed by atoms with Crippen molar-refractivity contribution >= 4 is 11.7 Å². The van der Waals surface area contributed by atoms with Gasteiger partial charge < -0.3 is 15.2 Å². The van der Waals surface area contributed by atoms with Crippen molar-refractivity contribution in [2.24, 2.45) is 5.92 Å². The number of amides is 1. The van der Waals surface area contributed by atoms with Crippen LogP contribution in [0.15, 0.2) is 10.9 Å². The molecule has 0 radical (unpaired) electrons. The Morgan fingerprint density at radius 3 is 3.00 bits per heavy atom. The van der Waals surface area contributed by atoms with Gasteiger partial charge in [0, 0.05) is 37.0 Å². The van der Waals surface area contributed by atoms with Crippen molar-refractivity contribution in [3.63, 3.8) is 0 Å². The molecule has 8 heteroatoms. The van der Waals surface area contributed by atoms with Crippen molar-refractivity contribution < 1.29 is 4.79 Å². The van der Waals surface area contributed by atoms with Crippen molar-refractivity contribution in [3.8, 4) is 0 Å². The summed E-state index contributed by atoms with van der Waals surface area (Å²) in [4.78, 5) is 33.0. The van der Waals surface area contributed by atoms with E-state index in [0.717, 1.165) is 30.5 Å². The Hall–Kier alpha value is -2.64. The van der Waals surface area contributed by atoms with Crippen molar-refractivity contribution in [1.82, 2.24) is 25.5 Å². The van der Waals surface area contributed by atoms with Gasteiger partial charge in [-0.1, -0.05) is 6.92 Å². The number of fused-ring (bicyclic) bond motifs is 1. The normalized spacial score (nSPS) is 17.5. The standard InChI is InChI=1S/C18H26N6O2/c1-10-5-6-14-13(7-10)17(23-22-14)18(26)19-9-11(2)24(4)15-8-16(25)21-12(3)20-15/h8,10-11H,5-7,9H2,1-4H3,(H,19,26)(H,22,23)(H,20,21,25). The van der Waals surface area contributed by atoms with Crippen LogP contribution >= 0.6 is 0 Å². The number of nitrogens with zero attached hydrogens (tertiary/aromatic N) is 3. The first kappa shape index (κ1) is 18.2. The molecule has 2 atom stereocenters. The zero-order valence-corrected chi connectivity index (χ0v) is 15.7. The molecule has 3 N–H and O–H groups in total. The first-order chi connectivity index (χ1) is 12.3. The number of H-pyrrole nitrogens is 2. The zero-order chi connectivity index (χ0) is 18.8. The molecule has 1 amide bonds. The lowest BCUT2D eigenvalue weighted by Crippen LogP contribution is -2.41. The van der Waals surface area contributed by atoms with E-state index in [2.05, 4.69) is 32.4 Å². The highest BCUT2D eigenvalue weighted by atomic mass is 16.2. The lowest BCUT2D eigenvalue weighted by molar-refractivity contribution is 0.0945. The summed E-state index contributed by atoms with van der Waals surface area (Å²) in [6.07, 6.45) is 2.96. The van der Waals surface area contributed by atoms with Crippen LogP contribution in [0.5, 0.6) is 0 Å². The zero-order valence-electron chi connectivity index (χ0n) is 15.7. The maximum absolute atomic E-state index is 12.6. The molecule has 0 saturated carbocycles. The molecule has 0 bridgehead atoms. The first-order valence-corrected chi connectivity index (χ1v) is 9.00. The molecule has 1 aliphatic rings. The molecule has 140 valence electrons. The molecular formula is C18H26N6O2. The molecule has 8 nitrogen and oxygen atoms in total. The van der Waals surface area contributed by atoms with Crippen LogP contribution in [0.4, 0.5) is 5.82 Å². The van der Waals surface area contributed by atoms with Crippen molar-refractivity contribution in [1.29, 1.82) is 0 Å². The van der Waals surface area contributed by atoms with Crippen LogP contribution < -0.4 is 15.8 Å². The third-order valence-corrected chi connectivity index (χ3v) is 5.03. The van der Waals surface area contributed by atoms with Crippen LogP contribution in [0.25, 0.3) is 0 Å². The Morgan fingerprint density at radius 2 is 2.27 bits per heavy atom. The van der Waals surface area contributed by atoms with E-state index in [1.807, 2.05) is 18.9 Å². The number of hydrogen-bond acceptors (Lipinski definition) is 5. The van der Waals surface area contributed by atoms with Crippen molar-refractivity contribution in [3.05, 3.63) is 39.2 Å². The van der Waals surface area contributed by atoms with E-state index in [4.69, 9.17) is 0 Å². The Labute approximate surface area is 152 Å². The predicted octanol–water partition coefficient (Wildman–Crippen LogP) is 1.18. The van der Waals surface area contributed by atoms with E-state index in [9.17, 15) is 9.59 Å². The summed E-state index contributed by atoms with van der Waals surface area (Å²) < 4.78 is 0. The Morgan fingerprint density at radius 1 is 1.50 bits per heavy atom. The number of carbonyl (C=O) groups is 1. The van der Waals surface area contributed by atoms with Gasteiger partial charge in [-0.25, -0.2) is 4.98 Å². The van der Waals surface area contributed by atoms with Gasteiger partial charge in [-0.05, 0) is 39.0 Å². The maximum atomic E-state index is 12.6. The van der Waals surface area contributed by atoms with Crippen LogP contribution in [0.2, 0.25) is 0 Å². The number of aryl methyl sites for hydroxylation is 2. The molecule has 26 heavy (non-hydrogen) atoms. The van der Waals surface area contributed by atoms with Gasteiger partial charge in [0.1, 0.15) is 11.6 Å². The van der Waals surface area contributed by atoms with Gasteiger partial charge in [0.25, 0.3) is 11.5 Å². The maximum Gasteiger partial charge on any atom is 0.272 e. The van der Waals surface area contributed by atoms with Crippen LogP contribution in [0, 0.1) is 12.8 Å². The molecule has 0 aromatic carbocycles. The first-order valence-electron chi connectivity index (χ1n) is 9.00. The van der Waals surface area contributed by atoms with Crippen LogP contribution in [0.1, 0.15) is 47.8 Å². The van der Waals surface area contributed by atoms with E-state index in [-0.39, 0.29) is 17.5 Å². The van der Waals surface area contributed by atoms with Gasteiger partial charge in [-0.2, -0.15) is 5.10 Å². The average molecular weight is 358 g/mol. The SMILES string of the molecule is Cc1nc(N(C)C(C)CNC(=O)c2n[nH]c3c2CC(C)CC3)cc(=O)[nH]1. The fourth-order valence-corrected chi connectivity index (χ4v) is 3.29. The molecule has 2 unspecified atom stereocenters. The van der Waals surface area contributed by atoms with E-state index in [0.29, 0.717) is 29.8 Å². The Kier molecular flexibility index (Phi) is 5.11. The number of aromatic nitrogens is 4. The Balaban J connectivity index is 1.64. The number of aromatic amines is 2. The fourth-order valence-electron chi connectivity index (χ4n) is 3.29. The predicted molar refractivity (Wildman–Crippen MR) is 99.6 cm³/mol. The molecule has 0 spiro atoms. The van der Waals surface area contributed by atoms with Gasteiger partial charge in [-0.3, -0.25) is 14.7 Å². The average Bonchev–Trinajstić information content (AvgIpc) is 3.00. The smallest absolute Gasteiger partial charge is 0.272 e. The second-order valence-electron chi connectivity index (χ2n) is 7.24. The minimum Gasteiger partial charge on any atom is -0.355 e. The number of anilines is 1. The number of hydrogen-bond donors (Lipinski definition) is 3. The second-order valence-corrected chi connectivity index (χ2v) is 7.24. The second kappa shape index (κ2) is 7.31. The van der Waals surface area contributed by atoms with E-state index >= 15 is 0 Å². The van der Waals surface area contributed by atoms with E-state index < -0.39 is 0 Å². The van der Waals surface area contributed by atoms with Gasteiger partial charge in [-0.15, -0.1) is 0 Å². The van der Waals surface area contributed by atoms with Crippen molar-refractivity contribution in [2.45, 2.75) is 46.1 Å². The third-order valence-electron chi connectivity index (χ3n) is 5.03. The van der Waals surface area contributed by atoms with E-state index in [1.165, 1.54) is 6.07 Å².